The van der Waals surface area contributed by atoms with Crippen LogP contribution in [0.3, 0.4) is 0 Å². The number of rotatable bonds is 3. The van der Waals surface area contributed by atoms with Crippen molar-refractivity contribution in [2.24, 2.45) is 11.7 Å². The summed E-state index contributed by atoms with van der Waals surface area (Å²) < 4.78 is 2.00. The Labute approximate surface area is 155 Å². The molecule has 1 aromatic carbocycles. The van der Waals surface area contributed by atoms with Gasteiger partial charge in [-0.25, -0.2) is 4.68 Å². The van der Waals surface area contributed by atoms with Crippen molar-refractivity contribution < 1.29 is 4.79 Å². The first-order chi connectivity index (χ1) is 12.6. The fourth-order valence-corrected chi connectivity index (χ4v) is 4.40. The molecule has 1 saturated heterocycles. The van der Waals surface area contributed by atoms with Crippen molar-refractivity contribution in [3.05, 3.63) is 46.8 Å². The summed E-state index contributed by atoms with van der Waals surface area (Å²) in [5.74, 6) is 0.487. The third kappa shape index (κ3) is 2.94. The molecule has 1 aromatic heterocycles. The fourth-order valence-electron chi connectivity index (χ4n) is 4.40. The summed E-state index contributed by atoms with van der Waals surface area (Å²) in [6.45, 7) is 5.60. The highest BCUT2D eigenvalue weighted by Crippen LogP contribution is 2.30. The molecule has 1 fully saturated rings. The van der Waals surface area contributed by atoms with Crippen molar-refractivity contribution in [3.8, 4) is 5.69 Å². The normalized spacial score (nSPS) is 22.5. The van der Waals surface area contributed by atoms with Crippen molar-refractivity contribution in [2.75, 3.05) is 13.1 Å². The Morgan fingerprint density at radius 2 is 1.96 bits per heavy atom. The lowest BCUT2D eigenvalue weighted by Gasteiger charge is -2.21. The van der Waals surface area contributed by atoms with E-state index in [0.29, 0.717) is 18.2 Å². The van der Waals surface area contributed by atoms with Crippen molar-refractivity contribution in [2.45, 2.75) is 52.0 Å². The second-order valence-corrected chi connectivity index (χ2v) is 7.87. The zero-order valence-corrected chi connectivity index (χ0v) is 15.7. The maximum absolute atomic E-state index is 13.3. The Hall–Kier alpha value is -2.14. The van der Waals surface area contributed by atoms with Crippen LogP contribution in [0.15, 0.2) is 24.3 Å². The Morgan fingerprint density at radius 3 is 2.65 bits per heavy atom. The van der Waals surface area contributed by atoms with E-state index in [1.807, 2.05) is 9.58 Å². The van der Waals surface area contributed by atoms with Gasteiger partial charge in [0.2, 0.25) is 0 Å². The molecule has 138 valence electrons. The fraction of sp³-hybridized carbons (Fsp3) is 0.524. The maximum atomic E-state index is 13.3. The molecule has 1 aliphatic heterocycles. The summed E-state index contributed by atoms with van der Waals surface area (Å²) >= 11 is 0. The van der Waals surface area contributed by atoms with Gasteiger partial charge in [0, 0.05) is 23.8 Å². The van der Waals surface area contributed by atoms with E-state index in [1.54, 1.807) is 0 Å². The van der Waals surface area contributed by atoms with Gasteiger partial charge < -0.3 is 10.6 Å². The highest BCUT2D eigenvalue weighted by molar-refractivity contribution is 5.94. The predicted molar refractivity (Wildman–Crippen MR) is 103 cm³/mol. The first kappa shape index (κ1) is 17.3. The van der Waals surface area contributed by atoms with Gasteiger partial charge in [-0.1, -0.05) is 17.7 Å². The van der Waals surface area contributed by atoms with E-state index in [1.165, 1.54) is 11.3 Å². The number of aromatic nitrogens is 2. The molecule has 4 rings (SSSR count). The molecule has 0 saturated carbocycles. The van der Waals surface area contributed by atoms with Crippen LogP contribution < -0.4 is 5.73 Å². The molecule has 0 bridgehead atoms. The van der Waals surface area contributed by atoms with Gasteiger partial charge in [0.1, 0.15) is 0 Å². The molecule has 5 heteroatoms. The molecule has 1 amide bonds. The van der Waals surface area contributed by atoms with Crippen LogP contribution in [0.2, 0.25) is 0 Å². The molecule has 26 heavy (non-hydrogen) atoms. The van der Waals surface area contributed by atoms with Crippen molar-refractivity contribution in [1.29, 1.82) is 0 Å². The smallest absolute Gasteiger partial charge is 0.274 e. The van der Waals surface area contributed by atoms with Gasteiger partial charge in [-0.05, 0) is 70.5 Å². The van der Waals surface area contributed by atoms with Crippen LogP contribution in [0, 0.1) is 12.8 Å². The molecule has 2 unspecified atom stereocenters. The van der Waals surface area contributed by atoms with Gasteiger partial charge in [-0.2, -0.15) is 5.10 Å². The number of carbonyl (C=O) groups is 1. The van der Waals surface area contributed by atoms with Crippen molar-refractivity contribution >= 4 is 5.91 Å². The Balaban J connectivity index is 1.73. The molecule has 1 aliphatic carbocycles. The van der Waals surface area contributed by atoms with Crippen molar-refractivity contribution in [1.82, 2.24) is 14.7 Å². The van der Waals surface area contributed by atoms with E-state index in [0.717, 1.165) is 49.9 Å². The molecule has 5 nitrogen and oxygen atoms in total. The number of hydrogen-bond acceptors (Lipinski definition) is 3. The van der Waals surface area contributed by atoms with Gasteiger partial charge in [0.25, 0.3) is 5.91 Å². The average Bonchev–Trinajstić information content (AvgIpc) is 3.23. The lowest BCUT2D eigenvalue weighted by atomic mass is 9.95. The van der Waals surface area contributed by atoms with Gasteiger partial charge in [0.05, 0.1) is 5.69 Å². The number of carbonyl (C=O) groups excluding carboxylic acids is 1. The largest absolute Gasteiger partial charge is 0.334 e. The van der Waals surface area contributed by atoms with Gasteiger partial charge in [-0.3, -0.25) is 4.79 Å². The van der Waals surface area contributed by atoms with E-state index in [9.17, 15) is 4.79 Å². The quantitative estimate of drug-likeness (QED) is 0.924. The molecular formula is C21H28N4O. The second kappa shape index (κ2) is 6.88. The minimum absolute atomic E-state index is 0.0810. The highest BCUT2D eigenvalue weighted by Gasteiger charge is 2.35. The summed E-state index contributed by atoms with van der Waals surface area (Å²) in [7, 11) is 0. The molecule has 0 radical (unpaired) electrons. The van der Waals surface area contributed by atoms with E-state index in [4.69, 9.17) is 10.8 Å². The number of amides is 1. The number of hydrogen-bond donors (Lipinski definition) is 1. The number of nitrogens with two attached hydrogens (primary N) is 1. The molecule has 0 spiro atoms. The van der Waals surface area contributed by atoms with Crippen molar-refractivity contribution in [3.63, 3.8) is 0 Å². The highest BCUT2D eigenvalue weighted by atomic mass is 16.2. The van der Waals surface area contributed by atoms with Gasteiger partial charge >= 0.3 is 0 Å². The van der Waals surface area contributed by atoms with Gasteiger partial charge in [0.15, 0.2) is 5.69 Å². The van der Waals surface area contributed by atoms with Gasteiger partial charge in [-0.15, -0.1) is 0 Å². The zero-order chi connectivity index (χ0) is 18.3. The first-order valence-electron chi connectivity index (χ1n) is 9.77. The lowest BCUT2D eigenvalue weighted by Crippen LogP contribution is -2.35. The Kier molecular flexibility index (Phi) is 4.57. The topological polar surface area (TPSA) is 64.2 Å². The molecule has 2 aromatic rings. The zero-order valence-electron chi connectivity index (χ0n) is 15.7. The second-order valence-electron chi connectivity index (χ2n) is 7.87. The number of aryl methyl sites for hydroxylation is 1. The Morgan fingerprint density at radius 1 is 1.23 bits per heavy atom. The average molecular weight is 352 g/mol. The van der Waals surface area contributed by atoms with Crippen LogP contribution in [0.5, 0.6) is 0 Å². The summed E-state index contributed by atoms with van der Waals surface area (Å²) in [6.07, 6.45) is 5.22. The minimum atomic E-state index is 0.0810. The van der Waals surface area contributed by atoms with Crippen LogP contribution in [0.25, 0.3) is 5.69 Å². The third-order valence-corrected chi connectivity index (χ3v) is 5.92. The molecular weight excluding hydrogens is 324 g/mol. The SMILES string of the molecule is Cc1ccc(-n2nc(C(=O)N3CC(CN)CC3C)c3c2CCCC3)cc1. The van der Waals surface area contributed by atoms with E-state index >= 15 is 0 Å². The number of fused-ring (bicyclic) bond motifs is 1. The summed E-state index contributed by atoms with van der Waals surface area (Å²) in [6, 6.07) is 8.62. The van der Waals surface area contributed by atoms with Crippen LogP contribution in [0.4, 0.5) is 0 Å². The molecule has 2 atom stereocenters. The maximum Gasteiger partial charge on any atom is 0.274 e. The standard InChI is InChI=1S/C21H28N4O/c1-14-7-9-17(10-8-14)25-19-6-4-3-5-18(19)20(23-25)21(26)24-13-16(12-22)11-15(24)2/h7-10,15-16H,3-6,11-13,22H2,1-2H3. The van der Waals surface area contributed by atoms with Crippen LogP contribution in [-0.4, -0.2) is 39.7 Å². The lowest BCUT2D eigenvalue weighted by molar-refractivity contribution is 0.0736. The number of nitrogens with zero attached hydrogens (tertiary/aromatic N) is 3. The minimum Gasteiger partial charge on any atom is -0.334 e. The predicted octanol–water partition coefficient (Wildman–Crippen LogP) is 2.87. The van der Waals surface area contributed by atoms with E-state index in [2.05, 4.69) is 38.1 Å². The van der Waals surface area contributed by atoms with E-state index in [-0.39, 0.29) is 11.9 Å². The van der Waals surface area contributed by atoms with Crippen LogP contribution in [-0.2, 0) is 12.8 Å². The monoisotopic (exact) mass is 352 g/mol. The summed E-state index contributed by atoms with van der Waals surface area (Å²) in [4.78, 5) is 15.3. The molecule has 2 heterocycles. The summed E-state index contributed by atoms with van der Waals surface area (Å²) in [5, 5.41) is 4.82. The number of likely N-dealkylation sites (tertiary alicyclic amines) is 1. The first-order valence-corrected chi connectivity index (χ1v) is 9.77. The summed E-state index contributed by atoms with van der Waals surface area (Å²) in [5.41, 5.74) is 11.1. The van der Waals surface area contributed by atoms with Crippen LogP contribution in [0.1, 0.15) is 53.5 Å². The number of benzene rings is 1. The Bertz CT molecular complexity index is 808. The van der Waals surface area contributed by atoms with E-state index < -0.39 is 0 Å². The third-order valence-electron chi connectivity index (χ3n) is 5.92. The van der Waals surface area contributed by atoms with Crippen LogP contribution >= 0.6 is 0 Å². The molecule has 2 N–H and O–H groups in total. The molecule has 2 aliphatic rings.